The van der Waals surface area contributed by atoms with Gasteiger partial charge in [0.25, 0.3) is 0 Å². The lowest BCUT2D eigenvalue weighted by molar-refractivity contribution is 0.0754. The molecule has 1 saturated carbocycles. The molecule has 1 aliphatic carbocycles. The van der Waals surface area contributed by atoms with Crippen LogP contribution in [0.4, 0.5) is 0 Å². The van der Waals surface area contributed by atoms with Crippen molar-refractivity contribution in [1.29, 1.82) is 0 Å². The highest BCUT2D eigenvalue weighted by atomic mass is 15.1. The molecule has 1 aliphatic heterocycles. The maximum absolute atomic E-state index is 6.09. The van der Waals surface area contributed by atoms with Crippen LogP contribution in [0.2, 0.25) is 0 Å². The molecule has 3 rings (SSSR count). The van der Waals surface area contributed by atoms with Gasteiger partial charge in [0.1, 0.15) is 0 Å². The predicted octanol–water partition coefficient (Wildman–Crippen LogP) is 2.64. The van der Waals surface area contributed by atoms with Crippen molar-refractivity contribution in [3.8, 4) is 0 Å². The van der Waals surface area contributed by atoms with Crippen molar-refractivity contribution >= 4 is 0 Å². The van der Waals surface area contributed by atoms with E-state index in [0.717, 1.165) is 18.4 Å². The third kappa shape index (κ3) is 2.76. The van der Waals surface area contributed by atoms with Gasteiger partial charge in [-0.2, -0.15) is 0 Å². The standard InChI is InChI=1S/C16H24N2/c17-16-7-6-15-12-18(9-8-14(15)10-16)11-13-4-2-1-3-5-13/h1-5,14-16H,6-12,17H2. The summed E-state index contributed by atoms with van der Waals surface area (Å²) in [5.74, 6) is 1.81. The summed E-state index contributed by atoms with van der Waals surface area (Å²) in [7, 11) is 0. The van der Waals surface area contributed by atoms with Gasteiger partial charge in [-0.15, -0.1) is 0 Å². The lowest BCUT2D eigenvalue weighted by atomic mass is 9.73. The molecule has 0 bridgehead atoms. The summed E-state index contributed by atoms with van der Waals surface area (Å²) < 4.78 is 0. The number of nitrogens with zero attached hydrogens (tertiary/aromatic N) is 1. The van der Waals surface area contributed by atoms with Crippen LogP contribution < -0.4 is 5.73 Å². The van der Waals surface area contributed by atoms with Crippen LogP contribution in [0, 0.1) is 11.8 Å². The van der Waals surface area contributed by atoms with E-state index in [-0.39, 0.29) is 0 Å². The van der Waals surface area contributed by atoms with Gasteiger partial charge in [0.2, 0.25) is 0 Å². The number of benzene rings is 1. The zero-order valence-corrected chi connectivity index (χ0v) is 11.1. The predicted molar refractivity (Wildman–Crippen MR) is 75.1 cm³/mol. The molecule has 1 aromatic carbocycles. The average molecular weight is 244 g/mol. The maximum Gasteiger partial charge on any atom is 0.0233 e. The van der Waals surface area contributed by atoms with E-state index in [9.17, 15) is 0 Å². The fraction of sp³-hybridized carbons (Fsp3) is 0.625. The molecular formula is C16H24N2. The quantitative estimate of drug-likeness (QED) is 0.866. The summed E-state index contributed by atoms with van der Waals surface area (Å²) in [4.78, 5) is 2.63. The van der Waals surface area contributed by atoms with E-state index in [1.807, 2.05) is 0 Å². The Labute approximate surface area is 110 Å². The highest BCUT2D eigenvalue weighted by Gasteiger charge is 2.33. The minimum atomic E-state index is 0.479. The Kier molecular flexibility index (Phi) is 3.67. The van der Waals surface area contributed by atoms with Crippen molar-refractivity contribution in [3.63, 3.8) is 0 Å². The van der Waals surface area contributed by atoms with E-state index in [0.29, 0.717) is 6.04 Å². The van der Waals surface area contributed by atoms with Gasteiger partial charge in [-0.25, -0.2) is 0 Å². The van der Waals surface area contributed by atoms with Crippen molar-refractivity contribution in [3.05, 3.63) is 35.9 Å². The van der Waals surface area contributed by atoms with Gasteiger partial charge in [-0.05, 0) is 49.6 Å². The molecule has 2 heteroatoms. The molecule has 98 valence electrons. The molecule has 0 radical (unpaired) electrons. The second-order valence-corrected chi connectivity index (χ2v) is 6.10. The van der Waals surface area contributed by atoms with Crippen LogP contribution >= 0.6 is 0 Å². The topological polar surface area (TPSA) is 29.3 Å². The first-order valence-corrected chi connectivity index (χ1v) is 7.33. The van der Waals surface area contributed by atoms with Crippen molar-refractivity contribution < 1.29 is 0 Å². The molecule has 1 aromatic rings. The lowest BCUT2D eigenvalue weighted by Crippen LogP contribution is -2.45. The first-order valence-electron chi connectivity index (χ1n) is 7.33. The molecule has 2 nitrogen and oxygen atoms in total. The van der Waals surface area contributed by atoms with E-state index >= 15 is 0 Å². The summed E-state index contributed by atoms with van der Waals surface area (Å²) in [6.07, 6.45) is 5.20. The monoisotopic (exact) mass is 244 g/mol. The molecular weight excluding hydrogens is 220 g/mol. The first-order chi connectivity index (χ1) is 8.81. The highest BCUT2D eigenvalue weighted by molar-refractivity contribution is 5.14. The number of likely N-dealkylation sites (tertiary alicyclic amines) is 1. The second kappa shape index (κ2) is 5.41. The Morgan fingerprint density at radius 2 is 1.89 bits per heavy atom. The maximum atomic E-state index is 6.09. The Morgan fingerprint density at radius 3 is 2.72 bits per heavy atom. The first kappa shape index (κ1) is 12.2. The van der Waals surface area contributed by atoms with Crippen LogP contribution in [-0.4, -0.2) is 24.0 Å². The van der Waals surface area contributed by atoms with Crippen LogP contribution in [0.15, 0.2) is 30.3 Å². The Balaban J connectivity index is 1.58. The summed E-state index contributed by atoms with van der Waals surface area (Å²) in [6, 6.07) is 11.3. The highest BCUT2D eigenvalue weighted by Crippen LogP contribution is 2.35. The molecule has 18 heavy (non-hydrogen) atoms. The molecule has 2 aliphatic rings. The van der Waals surface area contributed by atoms with Gasteiger partial charge in [-0.3, -0.25) is 4.90 Å². The van der Waals surface area contributed by atoms with E-state index in [1.165, 1.54) is 44.3 Å². The summed E-state index contributed by atoms with van der Waals surface area (Å²) >= 11 is 0. The van der Waals surface area contributed by atoms with E-state index in [4.69, 9.17) is 5.73 Å². The normalized spacial score (nSPS) is 33.1. The molecule has 2 N–H and O–H groups in total. The third-order valence-electron chi connectivity index (χ3n) is 4.74. The zero-order chi connectivity index (χ0) is 12.4. The van der Waals surface area contributed by atoms with Gasteiger partial charge in [0, 0.05) is 19.1 Å². The Bertz CT molecular complexity index is 376. The Morgan fingerprint density at radius 1 is 1.06 bits per heavy atom. The van der Waals surface area contributed by atoms with Gasteiger partial charge < -0.3 is 5.73 Å². The van der Waals surface area contributed by atoms with Crippen LogP contribution in [-0.2, 0) is 6.54 Å². The number of hydrogen-bond donors (Lipinski definition) is 1. The van der Waals surface area contributed by atoms with Gasteiger partial charge in [0.15, 0.2) is 0 Å². The van der Waals surface area contributed by atoms with Crippen LogP contribution in [0.1, 0.15) is 31.2 Å². The van der Waals surface area contributed by atoms with Crippen molar-refractivity contribution in [2.24, 2.45) is 17.6 Å². The molecule has 1 saturated heterocycles. The molecule has 0 aromatic heterocycles. The summed E-state index contributed by atoms with van der Waals surface area (Å²) in [6.45, 7) is 3.66. The fourth-order valence-electron chi connectivity index (χ4n) is 3.71. The van der Waals surface area contributed by atoms with Crippen LogP contribution in [0.25, 0.3) is 0 Å². The Hall–Kier alpha value is -0.860. The number of nitrogens with two attached hydrogens (primary N) is 1. The minimum Gasteiger partial charge on any atom is -0.328 e. The lowest BCUT2D eigenvalue weighted by Gasteiger charge is -2.43. The number of hydrogen-bond acceptors (Lipinski definition) is 2. The second-order valence-electron chi connectivity index (χ2n) is 6.10. The minimum absolute atomic E-state index is 0.479. The fourth-order valence-corrected chi connectivity index (χ4v) is 3.71. The van der Waals surface area contributed by atoms with E-state index < -0.39 is 0 Å². The van der Waals surface area contributed by atoms with Crippen LogP contribution in [0.5, 0.6) is 0 Å². The molecule has 2 fully saturated rings. The SMILES string of the molecule is NC1CCC2CN(Cc3ccccc3)CCC2C1. The average Bonchev–Trinajstić information content (AvgIpc) is 2.40. The zero-order valence-electron chi connectivity index (χ0n) is 11.1. The molecule has 1 heterocycles. The summed E-state index contributed by atoms with van der Waals surface area (Å²) in [5, 5.41) is 0. The number of rotatable bonds is 2. The van der Waals surface area contributed by atoms with Gasteiger partial charge in [-0.1, -0.05) is 30.3 Å². The smallest absolute Gasteiger partial charge is 0.0233 e. The van der Waals surface area contributed by atoms with Crippen molar-refractivity contribution in [2.75, 3.05) is 13.1 Å². The largest absolute Gasteiger partial charge is 0.328 e. The van der Waals surface area contributed by atoms with Crippen molar-refractivity contribution in [2.45, 2.75) is 38.3 Å². The molecule has 3 unspecified atom stereocenters. The number of fused-ring (bicyclic) bond motifs is 1. The van der Waals surface area contributed by atoms with E-state index in [1.54, 1.807) is 0 Å². The van der Waals surface area contributed by atoms with Gasteiger partial charge in [0.05, 0.1) is 0 Å². The van der Waals surface area contributed by atoms with Crippen LogP contribution in [0.3, 0.4) is 0 Å². The molecule has 0 amide bonds. The van der Waals surface area contributed by atoms with Crippen molar-refractivity contribution in [1.82, 2.24) is 4.90 Å². The summed E-state index contributed by atoms with van der Waals surface area (Å²) in [5.41, 5.74) is 7.53. The van der Waals surface area contributed by atoms with Gasteiger partial charge >= 0.3 is 0 Å². The molecule has 0 spiro atoms. The molecule has 3 atom stereocenters. The third-order valence-corrected chi connectivity index (χ3v) is 4.74. The van der Waals surface area contributed by atoms with E-state index in [2.05, 4.69) is 35.2 Å². The number of piperidine rings is 1.